The summed E-state index contributed by atoms with van der Waals surface area (Å²) in [5, 5.41) is 13.7. The van der Waals surface area contributed by atoms with Gasteiger partial charge in [-0.1, -0.05) is 18.2 Å². The van der Waals surface area contributed by atoms with E-state index < -0.39 is 24.1 Å². The van der Waals surface area contributed by atoms with Crippen LogP contribution in [0.3, 0.4) is 0 Å². The minimum atomic E-state index is -4.78. The predicted octanol–water partition coefficient (Wildman–Crippen LogP) is 4.18. The first kappa shape index (κ1) is 18.8. The van der Waals surface area contributed by atoms with Gasteiger partial charge in [-0.25, -0.2) is 0 Å². The summed E-state index contributed by atoms with van der Waals surface area (Å²) < 4.78 is 45.7. The third kappa shape index (κ3) is 5.01. The summed E-state index contributed by atoms with van der Waals surface area (Å²) >= 11 is 0. The number of nitrogens with one attached hydrogen (secondary N) is 1. The third-order valence-corrected chi connectivity index (χ3v) is 3.83. The van der Waals surface area contributed by atoms with Crippen molar-refractivity contribution in [3.05, 3.63) is 65.9 Å². The highest BCUT2D eigenvalue weighted by molar-refractivity contribution is 5.94. The van der Waals surface area contributed by atoms with Crippen LogP contribution < -0.4 is 10.1 Å². The maximum Gasteiger partial charge on any atom is 0.573 e. The molecule has 0 fully saturated rings. The Bertz CT molecular complexity index is 886. The van der Waals surface area contributed by atoms with Crippen molar-refractivity contribution in [2.24, 2.45) is 0 Å². The summed E-state index contributed by atoms with van der Waals surface area (Å²) in [6.07, 6.45) is -5.45. The average Bonchev–Trinajstić information content (AvgIpc) is 3.05. The minimum absolute atomic E-state index is 0.165. The fraction of sp³-hybridized carbons (Fsp3) is 0.211. The van der Waals surface area contributed by atoms with E-state index in [1.165, 1.54) is 12.1 Å². The molecular weight excluding hydrogens is 363 g/mol. The summed E-state index contributed by atoms with van der Waals surface area (Å²) in [6, 6.07) is 13.7. The van der Waals surface area contributed by atoms with Crippen LogP contribution in [0.1, 0.15) is 28.6 Å². The number of hydrogen-bond acceptors (Lipinski definition) is 4. The largest absolute Gasteiger partial charge is 0.573 e. The molecule has 0 saturated carbocycles. The van der Waals surface area contributed by atoms with Gasteiger partial charge in [-0.15, -0.1) is 13.2 Å². The van der Waals surface area contributed by atoms with Crippen LogP contribution in [0, 0.1) is 0 Å². The molecule has 0 unspecified atom stereocenters. The molecule has 1 heterocycles. The van der Waals surface area contributed by atoms with Crippen molar-refractivity contribution in [2.75, 3.05) is 6.54 Å². The standard InChI is InChI=1S/C19H16F3NO4/c20-19(21,22)27-14-7-5-12(6-8-14)18(25)23-10-9-15(24)17-11-13-3-1-2-4-16(13)26-17/h1-8,11,15,24H,9-10H2,(H,23,25)/t15-/m0/s1. The number of alkyl halides is 3. The summed E-state index contributed by atoms with van der Waals surface area (Å²) in [7, 11) is 0. The van der Waals surface area contributed by atoms with E-state index in [0.717, 1.165) is 17.5 Å². The van der Waals surface area contributed by atoms with Gasteiger partial charge in [0.05, 0.1) is 0 Å². The Morgan fingerprint density at radius 1 is 1.15 bits per heavy atom. The van der Waals surface area contributed by atoms with Gasteiger partial charge in [-0.3, -0.25) is 4.79 Å². The van der Waals surface area contributed by atoms with Gasteiger partial charge in [0.25, 0.3) is 5.91 Å². The van der Waals surface area contributed by atoms with Crippen molar-refractivity contribution in [3.8, 4) is 5.75 Å². The Kier molecular flexibility index (Phi) is 5.36. The summed E-state index contributed by atoms with van der Waals surface area (Å²) in [5.74, 6) is -0.469. The van der Waals surface area contributed by atoms with Gasteiger partial charge in [-0.05, 0) is 42.8 Å². The Hall–Kier alpha value is -3.00. The van der Waals surface area contributed by atoms with Gasteiger partial charge in [0, 0.05) is 17.5 Å². The van der Waals surface area contributed by atoms with E-state index in [9.17, 15) is 23.1 Å². The number of furan rings is 1. The summed E-state index contributed by atoms with van der Waals surface area (Å²) in [6.45, 7) is 0.165. The van der Waals surface area contributed by atoms with E-state index in [-0.39, 0.29) is 18.5 Å². The zero-order chi connectivity index (χ0) is 19.4. The molecular formula is C19H16F3NO4. The highest BCUT2D eigenvalue weighted by Crippen LogP contribution is 2.25. The molecule has 1 amide bonds. The lowest BCUT2D eigenvalue weighted by atomic mass is 10.1. The third-order valence-electron chi connectivity index (χ3n) is 3.83. The molecule has 0 saturated heterocycles. The quantitative estimate of drug-likeness (QED) is 0.674. The van der Waals surface area contributed by atoms with Crippen molar-refractivity contribution in [3.63, 3.8) is 0 Å². The first-order valence-corrected chi connectivity index (χ1v) is 8.12. The zero-order valence-corrected chi connectivity index (χ0v) is 14.0. The fourth-order valence-electron chi connectivity index (χ4n) is 2.54. The SMILES string of the molecule is O=C(NCC[C@H](O)c1cc2ccccc2o1)c1ccc(OC(F)(F)F)cc1. The number of carbonyl (C=O) groups is 1. The van der Waals surface area contributed by atoms with Crippen molar-refractivity contribution in [2.45, 2.75) is 18.9 Å². The maximum absolute atomic E-state index is 12.1. The van der Waals surface area contributed by atoms with Gasteiger partial charge in [0.2, 0.25) is 0 Å². The van der Waals surface area contributed by atoms with Crippen LogP contribution in [0.4, 0.5) is 13.2 Å². The smallest absolute Gasteiger partial charge is 0.458 e. The Labute approximate surface area is 152 Å². The molecule has 1 aromatic heterocycles. The molecule has 0 radical (unpaired) electrons. The van der Waals surface area contributed by atoms with E-state index in [1.807, 2.05) is 18.2 Å². The number of amides is 1. The number of rotatable bonds is 6. The van der Waals surface area contributed by atoms with Crippen LogP contribution in [0.5, 0.6) is 5.75 Å². The Morgan fingerprint density at radius 3 is 2.52 bits per heavy atom. The number of aliphatic hydroxyl groups excluding tert-OH is 1. The first-order chi connectivity index (χ1) is 12.8. The fourth-order valence-corrected chi connectivity index (χ4v) is 2.54. The summed E-state index contributed by atoms with van der Waals surface area (Å²) in [4.78, 5) is 12.0. The predicted molar refractivity (Wildman–Crippen MR) is 91.2 cm³/mol. The highest BCUT2D eigenvalue weighted by atomic mass is 19.4. The molecule has 0 spiro atoms. The molecule has 2 N–H and O–H groups in total. The van der Waals surface area contributed by atoms with Gasteiger partial charge in [0.15, 0.2) is 0 Å². The zero-order valence-electron chi connectivity index (χ0n) is 14.0. The minimum Gasteiger partial charge on any atom is -0.458 e. The second-order valence-electron chi connectivity index (χ2n) is 5.82. The Morgan fingerprint density at radius 2 is 1.85 bits per heavy atom. The number of halogens is 3. The molecule has 3 rings (SSSR count). The normalized spacial score (nSPS) is 12.7. The molecule has 142 valence electrons. The van der Waals surface area contributed by atoms with Crippen LogP contribution in [-0.2, 0) is 0 Å². The van der Waals surface area contributed by atoms with E-state index >= 15 is 0 Å². The number of ether oxygens (including phenoxy) is 1. The van der Waals surface area contributed by atoms with Crippen LogP contribution in [-0.4, -0.2) is 23.9 Å². The maximum atomic E-state index is 12.1. The van der Waals surface area contributed by atoms with Crippen molar-refractivity contribution in [1.29, 1.82) is 0 Å². The van der Waals surface area contributed by atoms with E-state index in [0.29, 0.717) is 11.3 Å². The number of benzene rings is 2. The monoisotopic (exact) mass is 379 g/mol. The highest BCUT2D eigenvalue weighted by Gasteiger charge is 2.31. The number of hydrogen-bond donors (Lipinski definition) is 2. The lowest BCUT2D eigenvalue weighted by molar-refractivity contribution is -0.274. The number of fused-ring (bicyclic) bond motifs is 1. The first-order valence-electron chi connectivity index (χ1n) is 8.12. The Balaban J connectivity index is 1.51. The van der Waals surface area contributed by atoms with Crippen molar-refractivity contribution >= 4 is 16.9 Å². The van der Waals surface area contributed by atoms with Crippen LogP contribution >= 0.6 is 0 Å². The van der Waals surface area contributed by atoms with Crippen LogP contribution in [0.2, 0.25) is 0 Å². The molecule has 0 aliphatic heterocycles. The number of aliphatic hydroxyl groups is 1. The second-order valence-corrected chi connectivity index (χ2v) is 5.82. The molecule has 8 heteroatoms. The van der Waals surface area contributed by atoms with Gasteiger partial charge in [0.1, 0.15) is 23.2 Å². The van der Waals surface area contributed by atoms with Crippen molar-refractivity contribution < 1.29 is 32.2 Å². The number of para-hydroxylation sites is 1. The van der Waals surface area contributed by atoms with E-state index in [2.05, 4.69) is 10.1 Å². The molecule has 27 heavy (non-hydrogen) atoms. The molecule has 0 bridgehead atoms. The molecule has 2 aromatic carbocycles. The topological polar surface area (TPSA) is 71.7 Å². The lowest BCUT2D eigenvalue weighted by Gasteiger charge is -2.10. The molecule has 1 atom stereocenters. The average molecular weight is 379 g/mol. The van der Waals surface area contributed by atoms with Crippen LogP contribution in [0.15, 0.2) is 59.0 Å². The lowest BCUT2D eigenvalue weighted by Crippen LogP contribution is -2.25. The van der Waals surface area contributed by atoms with Gasteiger partial charge >= 0.3 is 6.36 Å². The molecule has 3 aromatic rings. The van der Waals surface area contributed by atoms with E-state index in [1.54, 1.807) is 12.1 Å². The van der Waals surface area contributed by atoms with Gasteiger partial charge < -0.3 is 19.6 Å². The molecule has 5 nitrogen and oxygen atoms in total. The molecule has 0 aliphatic rings. The van der Waals surface area contributed by atoms with Gasteiger partial charge in [-0.2, -0.15) is 0 Å². The van der Waals surface area contributed by atoms with Crippen LogP contribution in [0.25, 0.3) is 11.0 Å². The number of carbonyl (C=O) groups excluding carboxylic acids is 1. The van der Waals surface area contributed by atoms with Crippen molar-refractivity contribution in [1.82, 2.24) is 5.32 Å². The summed E-state index contributed by atoms with van der Waals surface area (Å²) in [5.41, 5.74) is 0.847. The second kappa shape index (κ2) is 7.71. The molecule has 0 aliphatic carbocycles. The van der Waals surface area contributed by atoms with E-state index in [4.69, 9.17) is 4.42 Å².